The molecule has 0 aliphatic heterocycles. The molecule has 0 unspecified atom stereocenters. The molecule has 0 amide bonds. The van der Waals surface area contributed by atoms with E-state index in [1.807, 2.05) is 66.7 Å². The molecule has 3 aromatic carbocycles. The Morgan fingerprint density at radius 3 is 2.31 bits per heavy atom. The van der Waals surface area contributed by atoms with Gasteiger partial charge in [-0.3, -0.25) is 4.79 Å². The molecule has 0 heterocycles. The number of hydrogen-bond acceptors (Lipinski definition) is 3. The first-order valence-electron chi connectivity index (χ1n) is 9.99. The number of ketones is 1. The minimum absolute atomic E-state index is 0.118. The summed E-state index contributed by atoms with van der Waals surface area (Å²) in [6.45, 7) is 2.88. The van der Waals surface area contributed by atoms with Gasteiger partial charge in [0.1, 0.15) is 5.75 Å². The van der Waals surface area contributed by atoms with Gasteiger partial charge in [0.05, 0.1) is 12.6 Å². The first kappa shape index (κ1) is 21.4. The lowest BCUT2D eigenvalue weighted by molar-refractivity contribution is 0.0976. The van der Waals surface area contributed by atoms with Gasteiger partial charge in [0.15, 0.2) is 5.78 Å². The lowest BCUT2D eigenvalue weighted by atomic mass is 9.97. The molecule has 4 heteroatoms. The summed E-state index contributed by atoms with van der Waals surface area (Å²) in [6.07, 6.45) is 2.54. The van der Waals surface area contributed by atoms with Crippen LogP contribution in [0.1, 0.15) is 48.1 Å². The molecule has 0 aromatic heterocycles. The number of carbonyl (C=O) groups is 1. The smallest absolute Gasteiger partial charge is 0.165 e. The molecular weight excluding hydrogens is 473 g/mol. The van der Waals surface area contributed by atoms with E-state index >= 15 is 0 Å². The molecule has 0 radical (unpaired) electrons. The number of benzene rings is 3. The van der Waals surface area contributed by atoms with Gasteiger partial charge in [-0.15, -0.1) is 0 Å². The molecular formula is C25H26INO2. The van der Waals surface area contributed by atoms with Crippen LogP contribution in [-0.4, -0.2) is 12.4 Å². The maximum atomic E-state index is 12.8. The van der Waals surface area contributed by atoms with Crippen molar-refractivity contribution in [3.63, 3.8) is 0 Å². The number of rotatable bonds is 10. The van der Waals surface area contributed by atoms with E-state index in [-0.39, 0.29) is 11.8 Å². The highest BCUT2D eigenvalue weighted by Crippen LogP contribution is 2.27. The van der Waals surface area contributed by atoms with Crippen molar-refractivity contribution >= 4 is 34.1 Å². The van der Waals surface area contributed by atoms with E-state index < -0.39 is 0 Å². The normalized spacial score (nSPS) is 11.7. The van der Waals surface area contributed by atoms with Gasteiger partial charge < -0.3 is 10.1 Å². The third-order valence-corrected chi connectivity index (χ3v) is 5.44. The summed E-state index contributed by atoms with van der Waals surface area (Å²) in [7, 11) is 0. The first-order chi connectivity index (χ1) is 14.2. The maximum Gasteiger partial charge on any atom is 0.165 e. The zero-order valence-electron chi connectivity index (χ0n) is 16.6. The van der Waals surface area contributed by atoms with Crippen molar-refractivity contribution in [3.05, 3.63) is 93.6 Å². The van der Waals surface area contributed by atoms with Gasteiger partial charge in [0.25, 0.3) is 0 Å². The van der Waals surface area contributed by atoms with Crippen LogP contribution in [0, 0.1) is 3.57 Å². The highest BCUT2D eigenvalue weighted by Gasteiger charge is 2.17. The van der Waals surface area contributed by atoms with Crippen LogP contribution in [0.25, 0.3) is 0 Å². The molecule has 0 fully saturated rings. The molecule has 0 saturated carbocycles. The second kappa shape index (κ2) is 11.0. The van der Waals surface area contributed by atoms with Crippen molar-refractivity contribution in [2.24, 2.45) is 0 Å². The number of hydrogen-bond donors (Lipinski definition) is 1. The largest absolute Gasteiger partial charge is 0.494 e. The van der Waals surface area contributed by atoms with Crippen LogP contribution in [0.2, 0.25) is 0 Å². The van der Waals surface area contributed by atoms with E-state index in [0.29, 0.717) is 6.42 Å². The molecule has 3 rings (SSSR count). The molecule has 1 atom stereocenters. The van der Waals surface area contributed by atoms with Crippen molar-refractivity contribution in [2.75, 3.05) is 11.9 Å². The summed E-state index contributed by atoms with van der Waals surface area (Å²) in [4.78, 5) is 12.8. The van der Waals surface area contributed by atoms with Gasteiger partial charge in [-0.1, -0.05) is 55.8 Å². The van der Waals surface area contributed by atoms with Gasteiger partial charge in [-0.2, -0.15) is 0 Å². The number of carbonyl (C=O) groups excluding carboxylic acids is 1. The molecule has 3 nitrogen and oxygen atoms in total. The number of halogens is 1. The number of nitrogens with one attached hydrogen (secondary N) is 1. The zero-order valence-corrected chi connectivity index (χ0v) is 18.8. The Kier molecular flexibility index (Phi) is 8.11. The Hall–Kier alpha value is -2.34. The first-order valence-corrected chi connectivity index (χ1v) is 11.1. The second-order valence-corrected chi connectivity index (χ2v) is 8.21. The summed E-state index contributed by atoms with van der Waals surface area (Å²) >= 11 is 2.29. The predicted octanol–water partition coefficient (Wildman–Crippen LogP) is 6.90. The van der Waals surface area contributed by atoms with Gasteiger partial charge in [-0.05, 0) is 71.0 Å². The molecule has 0 bridgehead atoms. The summed E-state index contributed by atoms with van der Waals surface area (Å²) in [6, 6.07) is 25.6. The van der Waals surface area contributed by atoms with E-state index in [9.17, 15) is 4.79 Å². The second-order valence-electron chi connectivity index (χ2n) is 6.97. The third-order valence-electron chi connectivity index (χ3n) is 4.72. The molecule has 0 aliphatic carbocycles. The highest BCUT2D eigenvalue weighted by molar-refractivity contribution is 14.1. The molecule has 150 valence electrons. The quantitative estimate of drug-likeness (QED) is 0.187. The summed E-state index contributed by atoms with van der Waals surface area (Å²) in [5, 5.41) is 3.53. The lowest BCUT2D eigenvalue weighted by Gasteiger charge is -2.20. The Morgan fingerprint density at radius 2 is 1.66 bits per heavy atom. The van der Waals surface area contributed by atoms with Gasteiger partial charge >= 0.3 is 0 Å². The van der Waals surface area contributed by atoms with Crippen LogP contribution >= 0.6 is 22.6 Å². The van der Waals surface area contributed by atoms with Gasteiger partial charge in [0.2, 0.25) is 0 Å². The van der Waals surface area contributed by atoms with Gasteiger partial charge in [-0.25, -0.2) is 0 Å². The molecule has 0 aliphatic rings. The van der Waals surface area contributed by atoms with Crippen molar-refractivity contribution in [2.45, 2.75) is 32.2 Å². The lowest BCUT2D eigenvalue weighted by Crippen LogP contribution is -2.16. The van der Waals surface area contributed by atoms with E-state index in [0.717, 1.165) is 42.0 Å². The van der Waals surface area contributed by atoms with E-state index in [1.165, 1.54) is 3.57 Å². The Bertz CT molecular complexity index is 892. The predicted molar refractivity (Wildman–Crippen MR) is 128 cm³/mol. The summed E-state index contributed by atoms with van der Waals surface area (Å²) in [5.41, 5.74) is 2.80. The van der Waals surface area contributed by atoms with Crippen LogP contribution in [0.15, 0.2) is 78.9 Å². The fourth-order valence-electron chi connectivity index (χ4n) is 3.06. The van der Waals surface area contributed by atoms with Crippen molar-refractivity contribution in [1.29, 1.82) is 0 Å². The standard InChI is InChI=1S/C25H26INO2/c1-2-3-17-29-23-15-9-19(10-16-23)24(27-22-13-11-21(26)12-14-22)18-25(28)20-7-5-4-6-8-20/h4-16,24,27H,2-3,17-18H2,1H3/t24-/m0/s1. The Balaban J connectivity index is 1.78. The fraction of sp³-hybridized carbons (Fsp3) is 0.240. The topological polar surface area (TPSA) is 38.3 Å². The third kappa shape index (κ3) is 6.60. The number of Topliss-reactive ketones (excluding diaryl/α,β-unsaturated/α-hetero) is 1. The molecule has 1 N–H and O–H groups in total. The van der Waals surface area contributed by atoms with E-state index in [4.69, 9.17) is 4.74 Å². The van der Waals surface area contributed by atoms with Crippen molar-refractivity contribution < 1.29 is 9.53 Å². The van der Waals surface area contributed by atoms with Gasteiger partial charge in [0, 0.05) is 21.2 Å². The average Bonchev–Trinajstić information content (AvgIpc) is 2.76. The summed E-state index contributed by atoms with van der Waals surface area (Å²) in [5.74, 6) is 0.987. The van der Waals surface area contributed by atoms with E-state index in [2.05, 4.69) is 47.0 Å². The number of unbranched alkanes of at least 4 members (excludes halogenated alkanes) is 1. The maximum absolute atomic E-state index is 12.8. The van der Waals surface area contributed by atoms with Crippen LogP contribution in [0.4, 0.5) is 5.69 Å². The molecule has 0 saturated heterocycles. The SMILES string of the molecule is CCCCOc1ccc([C@H](CC(=O)c2ccccc2)Nc2ccc(I)cc2)cc1. The Labute approximate surface area is 186 Å². The monoisotopic (exact) mass is 499 g/mol. The van der Waals surface area contributed by atoms with Crippen LogP contribution in [0.3, 0.4) is 0 Å². The minimum Gasteiger partial charge on any atom is -0.494 e. The van der Waals surface area contributed by atoms with E-state index in [1.54, 1.807) is 0 Å². The molecule has 29 heavy (non-hydrogen) atoms. The average molecular weight is 499 g/mol. The summed E-state index contributed by atoms with van der Waals surface area (Å²) < 4.78 is 6.95. The van der Waals surface area contributed by atoms with Crippen molar-refractivity contribution in [1.82, 2.24) is 0 Å². The molecule has 3 aromatic rings. The fourth-order valence-corrected chi connectivity index (χ4v) is 3.42. The van der Waals surface area contributed by atoms with Crippen LogP contribution in [-0.2, 0) is 0 Å². The minimum atomic E-state index is -0.118. The number of anilines is 1. The van der Waals surface area contributed by atoms with Crippen LogP contribution < -0.4 is 10.1 Å². The van der Waals surface area contributed by atoms with Crippen molar-refractivity contribution in [3.8, 4) is 5.75 Å². The highest BCUT2D eigenvalue weighted by atomic mass is 127. The Morgan fingerprint density at radius 1 is 0.966 bits per heavy atom. The number of ether oxygens (including phenoxy) is 1. The molecule has 0 spiro atoms. The zero-order chi connectivity index (χ0) is 20.5. The van der Waals surface area contributed by atoms with Crippen LogP contribution in [0.5, 0.6) is 5.75 Å².